The lowest BCUT2D eigenvalue weighted by atomic mass is 9.91. The van der Waals surface area contributed by atoms with Gasteiger partial charge < -0.3 is 10.4 Å². The van der Waals surface area contributed by atoms with Crippen molar-refractivity contribution in [1.82, 2.24) is 10.2 Å². The summed E-state index contributed by atoms with van der Waals surface area (Å²) >= 11 is 0. The fraction of sp³-hybridized carbons (Fsp3) is 0.562. The highest BCUT2D eigenvalue weighted by molar-refractivity contribution is 5.77. The number of nitrogens with zero attached hydrogens (tertiary/aromatic N) is 1. The molecule has 23 heavy (non-hydrogen) atoms. The van der Waals surface area contributed by atoms with Crippen LogP contribution < -0.4 is 5.32 Å². The molecule has 4 nitrogen and oxygen atoms in total. The summed E-state index contributed by atoms with van der Waals surface area (Å²) in [6.07, 6.45) is -5.36. The molecular formula is C16H21F3N2O2. The number of alkyl halides is 3. The Morgan fingerprint density at radius 2 is 2.00 bits per heavy atom. The van der Waals surface area contributed by atoms with Crippen molar-refractivity contribution >= 4 is 5.91 Å². The zero-order valence-corrected chi connectivity index (χ0v) is 12.7. The average Bonchev–Trinajstić information content (AvgIpc) is 2.46. The van der Waals surface area contributed by atoms with Gasteiger partial charge in [-0.3, -0.25) is 9.69 Å². The predicted molar refractivity (Wildman–Crippen MR) is 79.5 cm³/mol. The molecule has 1 aliphatic heterocycles. The van der Waals surface area contributed by atoms with Crippen LogP contribution in [-0.2, 0) is 11.3 Å². The number of rotatable bonds is 5. The molecule has 0 bridgehead atoms. The van der Waals surface area contributed by atoms with Gasteiger partial charge in [0.1, 0.15) is 6.42 Å². The summed E-state index contributed by atoms with van der Waals surface area (Å²) < 4.78 is 36.8. The minimum Gasteiger partial charge on any atom is -0.396 e. The summed E-state index contributed by atoms with van der Waals surface area (Å²) in [4.78, 5) is 13.6. The number of piperidine rings is 1. The van der Waals surface area contributed by atoms with Crippen LogP contribution in [0.2, 0.25) is 0 Å². The highest BCUT2D eigenvalue weighted by Gasteiger charge is 2.35. The first-order chi connectivity index (χ1) is 10.9. The van der Waals surface area contributed by atoms with Crippen molar-refractivity contribution in [1.29, 1.82) is 0 Å². The number of benzene rings is 1. The molecule has 0 saturated carbocycles. The van der Waals surface area contributed by atoms with Gasteiger partial charge in [-0.25, -0.2) is 0 Å². The fourth-order valence-electron chi connectivity index (χ4n) is 2.88. The summed E-state index contributed by atoms with van der Waals surface area (Å²) in [5.74, 6) is -1.25. The molecule has 1 aliphatic rings. The monoisotopic (exact) mass is 330 g/mol. The smallest absolute Gasteiger partial charge is 0.396 e. The van der Waals surface area contributed by atoms with Crippen molar-refractivity contribution in [3.63, 3.8) is 0 Å². The molecule has 1 heterocycles. The molecule has 0 aromatic heterocycles. The Morgan fingerprint density at radius 3 is 2.61 bits per heavy atom. The Morgan fingerprint density at radius 1 is 1.30 bits per heavy atom. The van der Waals surface area contributed by atoms with Crippen molar-refractivity contribution < 1.29 is 23.1 Å². The second-order valence-electron chi connectivity index (χ2n) is 5.92. The van der Waals surface area contributed by atoms with Gasteiger partial charge in [0, 0.05) is 31.7 Å². The lowest BCUT2D eigenvalue weighted by molar-refractivity contribution is -0.154. The van der Waals surface area contributed by atoms with Crippen LogP contribution >= 0.6 is 0 Å². The number of nitrogens with one attached hydrogen (secondary N) is 1. The second kappa shape index (κ2) is 7.79. The van der Waals surface area contributed by atoms with Crippen molar-refractivity contribution in [3.05, 3.63) is 35.9 Å². The Kier molecular flexibility index (Phi) is 6.01. The molecule has 0 spiro atoms. The molecule has 1 fully saturated rings. The molecular weight excluding hydrogens is 309 g/mol. The number of aliphatic hydroxyl groups excluding tert-OH is 1. The van der Waals surface area contributed by atoms with E-state index in [0.29, 0.717) is 19.5 Å². The maximum atomic E-state index is 12.3. The summed E-state index contributed by atoms with van der Waals surface area (Å²) in [6, 6.07) is 9.27. The number of carbonyl (C=O) groups excluding carboxylic acids is 1. The molecule has 128 valence electrons. The lowest BCUT2D eigenvalue weighted by Gasteiger charge is -2.38. The van der Waals surface area contributed by atoms with Gasteiger partial charge in [-0.15, -0.1) is 0 Å². The zero-order chi connectivity index (χ0) is 16.9. The molecule has 0 aliphatic carbocycles. The Balaban J connectivity index is 1.94. The van der Waals surface area contributed by atoms with Gasteiger partial charge in [0.2, 0.25) is 5.91 Å². The third kappa shape index (κ3) is 5.84. The van der Waals surface area contributed by atoms with E-state index in [9.17, 15) is 23.1 Å². The number of hydrogen-bond acceptors (Lipinski definition) is 3. The normalized spacial score (nSPS) is 22.8. The average molecular weight is 330 g/mol. The maximum absolute atomic E-state index is 12.3. The molecule has 1 saturated heterocycles. The van der Waals surface area contributed by atoms with Crippen LogP contribution in [0.15, 0.2) is 30.3 Å². The molecule has 7 heteroatoms. The number of carbonyl (C=O) groups is 1. The number of aliphatic hydroxyl groups is 1. The molecule has 2 unspecified atom stereocenters. The third-order valence-corrected chi connectivity index (χ3v) is 4.03. The van der Waals surface area contributed by atoms with Crippen LogP contribution in [0.25, 0.3) is 0 Å². The third-order valence-electron chi connectivity index (χ3n) is 4.03. The van der Waals surface area contributed by atoms with Crippen LogP contribution in [-0.4, -0.2) is 47.8 Å². The van der Waals surface area contributed by atoms with E-state index in [0.717, 1.165) is 12.1 Å². The first-order valence-electron chi connectivity index (χ1n) is 7.60. The number of amides is 1. The van der Waals surface area contributed by atoms with Crippen molar-refractivity contribution in [2.45, 2.75) is 31.6 Å². The van der Waals surface area contributed by atoms with Gasteiger partial charge in [0.25, 0.3) is 0 Å². The van der Waals surface area contributed by atoms with E-state index in [1.54, 1.807) is 0 Å². The van der Waals surface area contributed by atoms with E-state index in [1.165, 1.54) is 0 Å². The summed E-state index contributed by atoms with van der Waals surface area (Å²) in [7, 11) is 0. The minimum absolute atomic E-state index is 0.143. The number of likely N-dealkylation sites (tertiary alicyclic amines) is 1. The SMILES string of the molecule is O=C(CC(F)(F)F)NC1CN(Cc2ccccc2)CCC1CO. The first kappa shape index (κ1) is 17.7. The Bertz CT molecular complexity index is 508. The predicted octanol–water partition coefficient (Wildman–Crippen LogP) is 1.94. The van der Waals surface area contributed by atoms with Gasteiger partial charge in [-0.2, -0.15) is 13.2 Å². The van der Waals surface area contributed by atoms with E-state index >= 15 is 0 Å². The largest absolute Gasteiger partial charge is 0.397 e. The minimum atomic E-state index is -4.52. The molecule has 1 aromatic carbocycles. The summed E-state index contributed by atoms with van der Waals surface area (Å²) in [5, 5.41) is 11.8. The highest BCUT2D eigenvalue weighted by atomic mass is 19.4. The number of halogens is 3. The molecule has 1 amide bonds. The van der Waals surface area contributed by atoms with Gasteiger partial charge >= 0.3 is 6.18 Å². The molecule has 0 radical (unpaired) electrons. The van der Waals surface area contributed by atoms with Crippen molar-refractivity contribution in [2.24, 2.45) is 5.92 Å². The topological polar surface area (TPSA) is 52.6 Å². The molecule has 2 atom stereocenters. The fourth-order valence-corrected chi connectivity index (χ4v) is 2.88. The molecule has 2 N–H and O–H groups in total. The van der Waals surface area contributed by atoms with Gasteiger partial charge in [-0.1, -0.05) is 30.3 Å². The van der Waals surface area contributed by atoms with Crippen molar-refractivity contribution in [3.8, 4) is 0 Å². The van der Waals surface area contributed by atoms with Crippen LogP contribution in [0.3, 0.4) is 0 Å². The van der Waals surface area contributed by atoms with Gasteiger partial charge in [0.05, 0.1) is 0 Å². The van der Waals surface area contributed by atoms with Crippen LogP contribution in [0, 0.1) is 5.92 Å². The summed E-state index contributed by atoms with van der Waals surface area (Å²) in [5.41, 5.74) is 1.11. The van der Waals surface area contributed by atoms with Crippen LogP contribution in [0.4, 0.5) is 13.2 Å². The van der Waals surface area contributed by atoms with E-state index in [2.05, 4.69) is 10.2 Å². The van der Waals surface area contributed by atoms with Crippen LogP contribution in [0.1, 0.15) is 18.4 Å². The lowest BCUT2D eigenvalue weighted by Crippen LogP contribution is -2.53. The Labute approximate surface area is 133 Å². The molecule has 2 rings (SSSR count). The quantitative estimate of drug-likeness (QED) is 0.867. The van der Waals surface area contributed by atoms with Gasteiger partial charge in [0.15, 0.2) is 0 Å². The number of hydrogen-bond donors (Lipinski definition) is 2. The van der Waals surface area contributed by atoms with Crippen molar-refractivity contribution in [2.75, 3.05) is 19.7 Å². The molecule has 1 aromatic rings. The first-order valence-corrected chi connectivity index (χ1v) is 7.60. The zero-order valence-electron chi connectivity index (χ0n) is 12.7. The van der Waals surface area contributed by atoms with E-state index in [-0.39, 0.29) is 12.5 Å². The Hall–Kier alpha value is -1.60. The second-order valence-corrected chi connectivity index (χ2v) is 5.92. The standard InChI is InChI=1S/C16H21F3N2O2/c17-16(18,19)8-15(23)20-14-10-21(7-6-13(14)11-22)9-12-4-2-1-3-5-12/h1-5,13-14,22H,6-11H2,(H,20,23). The van der Waals surface area contributed by atoms with E-state index in [1.807, 2.05) is 30.3 Å². The summed E-state index contributed by atoms with van der Waals surface area (Å²) in [6.45, 7) is 1.70. The van der Waals surface area contributed by atoms with E-state index in [4.69, 9.17) is 0 Å². The maximum Gasteiger partial charge on any atom is 0.397 e. The van der Waals surface area contributed by atoms with Gasteiger partial charge in [-0.05, 0) is 18.5 Å². The van der Waals surface area contributed by atoms with E-state index < -0.39 is 24.5 Å². The highest BCUT2D eigenvalue weighted by Crippen LogP contribution is 2.22. The van der Waals surface area contributed by atoms with Crippen LogP contribution in [0.5, 0.6) is 0 Å².